The molecule has 2 heterocycles. The number of hydrogen-bond acceptors (Lipinski definition) is 4. The molecule has 6 heteroatoms. The molecule has 2 saturated heterocycles. The fraction of sp³-hybridized carbons (Fsp3) is 0.650. The summed E-state index contributed by atoms with van der Waals surface area (Å²) in [7, 11) is 3.59. The van der Waals surface area contributed by atoms with E-state index in [4.69, 9.17) is 4.74 Å². The van der Waals surface area contributed by atoms with Crippen molar-refractivity contribution in [2.45, 2.75) is 37.0 Å². The fourth-order valence-electron chi connectivity index (χ4n) is 3.79. The maximum absolute atomic E-state index is 5.43. The molecule has 0 bridgehead atoms. The molecule has 2 unspecified atom stereocenters. The van der Waals surface area contributed by atoms with E-state index < -0.39 is 0 Å². The Hall–Kier alpha value is -1.40. The van der Waals surface area contributed by atoms with Gasteiger partial charge >= 0.3 is 0 Å². The standard InChI is InChI=1S/C20H32N4OS/c1-21-20(22-14-18-9-6-12-26-18)23-15-19(24-10-3-4-11-24)16-7-5-8-17(13-16)25-2/h5,7-8,13,18-19H,3-4,6,9-12,14-15H2,1-2H3,(H2,21,22,23). The van der Waals surface area contributed by atoms with Gasteiger partial charge in [0.25, 0.3) is 0 Å². The summed E-state index contributed by atoms with van der Waals surface area (Å²) in [4.78, 5) is 6.99. The number of benzene rings is 1. The lowest BCUT2D eigenvalue weighted by atomic mass is 10.1. The third-order valence-electron chi connectivity index (χ3n) is 5.27. The summed E-state index contributed by atoms with van der Waals surface area (Å²) in [5, 5.41) is 7.78. The zero-order valence-electron chi connectivity index (χ0n) is 16.0. The molecule has 0 saturated carbocycles. The van der Waals surface area contributed by atoms with E-state index in [9.17, 15) is 0 Å². The Morgan fingerprint density at radius 1 is 1.31 bits per heavy atom. The van der Waals surface area contributed by atoms with Gasteiger partial charge in [0.2, 0.25) is 0 Å². The first-order chi connectivity index (χ1) is 12.8. The summed E-state index contributed by atoms with van der Waals surface area (Å²) >= 11 is 2.07. The lowest BCUT2D eigenvalue weighted by Gasteiger charge is -2.29. The lowest BCUT2D eigenvalue weighted by molar-refractivity contribution is 0.245. The SMILES string of the molecule is CN=C(NCC1CCCS1)NCC(c1cccc(OC)c1)N1CCCC1. The van der Waals surface area contributed by atoms with E-state index in [0.717, 1.165) is 43.1 Å². The molecule has 0 radical (unpaired) electrons. The zero-order chi connectivity index (χ0) is 18.2. The van der Waals surface area contributed by atoms with E-state index in [1.165, 1.54) is 37.0 Å². The van der Waals surface area contributed by atoms with Crippen molar-refractivity contribution in [2.24, 2.45) is 4.99 Å². The molecule has 5 nitrogen and oxygen atoms in total. The summed E-state index contributed by atoms with van der Waals surface area (Å²) in [6.07, 6.45) is 5.23. The molecular weight excluding hydrogens is 344 g/mol. The van der Waals surface area contributed by atoms with Gasteiger partial charge in [-0.05, 0) is 62.2 Å². The van der Waals surface area contributed by atoms with Crippen molar-refractivity contribution in [1.29, 1.82) is 0 Å². The van der Waals surface area contributed by atoms with Crippen LogP contribution in [0.4, 0.5) is 0 Å². The third-order valence-corrected chi connectivity index (χ3v) is 6.67. The molecule has 0 spiro atoms. The lowest BCUT2D eigenvalue weighted by Crippen LogP contribution is -2.44. The van der Waals surface area contributed by atoms with Crippen LogP contribution in [0.2, 0.25) is 0 Å². The van der Waals surface area contributed by atoms with Crippen molar-refractivity contribution in [1.82, 2.24) is 15.5 Å². The van der Waals surface area contributed by atoms with Crippen LogP contribution < -0.4 is 15.4 Å². The predicted octanol–water partition coefficient (Wildman–Crippen LogP) is 2.89. The van der Waals surface area contributed by atoms with Crippen molar-refractivity contribution in [3.8, 4) is 5.75 Å². The van der Waals surface area contributed by atoms with Crippen LogP contribution in [0.3, 0.4) is 0 Å². The highest BCUT2D eigenvalue weighted by Crippen LogP contribution is 2.27. The molecule has 2 atom stereocenters. The number of aliphatic imine (C=N–C) groups is 1. The molecule has 0 aromatic heterocycles. The van der Waals surface area contributed by atoms with E-state index in [0.29, 0.717) is 6.04 Å². The minimum absolute atomic E-state index is 0.340. The van der Waals surface area contributed by atoms with Gasteiger partial charge in [0.15, 0.2) is 5.96 Å². The highest BCUT2D eigenvalue weighted by molar-refractivity contribution is 8.00. The molecule has 0 amide bonds. The molecule has 2 aliphatic heterocycles. The van der Waals surface area contributed by atoms with E-state index in [-0.39, 0.29) is 0 Å². The van der Waals surface area contributed by atoms with E-state index in [2.05, 4.69) is 50.5 Å². The van der Waals surface area contributed by atoms with Crippen LogP contribution >= 0.6 is 11.8 Å². The van der Waals surface area contributed by atoms with Crippen LogP contribution in [0.25, 0.3) is 0 Å². The van der Waals surface area contributed by atoms with Gasteiger partial charge in [0.05, 0.1) is 13.2 Å². The van der Waals surface area contributed by atoms with Crippen LogP contribution in [0, 0.1) is 0 Å². The number of ether oxygens (including phenoxy) is 1. The highest BCUT2D eigenvalue weighted by atomic mass is 32.2. The summed E-state index contributed by atoms with van der Waals surface area (Å²) in [6, 6.07) is 8.81. The summed E-state index contributed by atoms with van der Waals surface area (Å²) in [5.74, 6) is 3.13. The zero-order valence-corrected chi connectivity index (χ0v) is 16.9. The number of rotatable bonds is 7. The predicted molar refractivity (Wildman–Crippen MR) is 111 cm³/mol. The number of methoxy groups -OCH3 is 1. The van der Waals surface area contributed by atoms with Crippen molar-refractivity contribution in [3.63, 3.8) is 0 Å². The van der Waals surface area contributed by atoms with Gasteiger partial charge in [-0.15, -0.1) is 0 Å². The molecule has 2 aliphatic rings. The normalized spacial score (nSPS) is 22.4. The van der Waals surface area contributed by atoms with Crippen LogP contribution in [0.15, 0.2) is 29.3 Å². The van der Waals surface area contributed by atoms with Crippen LogP contribution in [-0.4, -0.2) is 62.2 Å². The molecule has 2 fully saturated rings. The van der Waals surface area contributed by atoms with Crippen molar-refractivity contribution >= 4 is 17.7 Å². The van der Waals surface area contributed by atoms with Crippen LogP contribution in [-0.2, 0) is 0 Å². The largest absolute Gasteiger partial charge is 0.497 e. The molecular formula is C20H32N4OS. The minimum Gasteiger partial charge on any atom is -0.497 e. The van der Waals surface area contributed by atoms with Gasteiger partial charge in [-0.25, -0.2) is 0 Å². The van der Waals surface area contributed by atoms with Gasteiger partial charge in [-0.1, -0.05) is 12.1 Å². The van der Waals surface area contributed by atoms with Crippen molar-refractivity contribution in [2.75, 3.05) is 46.1 Å². The second-order valence-electron chi connectivity index (χ2n) is 7.00. The van der Waals surface area contributed by atoms with E-state index >= 15 is 0 Å². The first-order valence-corrected chi connectivity index (χ1v) is 10.8. The number of guanidine groups is 1. The van der Waals surface area contributed by atoms with Gasteiger partial charge < -0.3 is 15.4 Å². The average molecular weight is 377 g/mol. The Labute approximate surface area is 162 Å². The Morgan fingerprint density at radius 3 is 2.85 bits per heavy atom. The monoisotopic (exact) mass is 376 g/mol. The van der Waals surface area contributed by atoms with E-state index in [1.54, 1.807) is 7.11 Å². The van der Waals surface area contributed by atoms with Crippen molar-refractivity contribution < 1.29 is 4.74 Å². The Balaban J connectivity index is 1.61. The number of nitrogens with one attached hydrogen (secondary N) is 2. The first kappa shape index (κ1) is 19.4. The maximum atomic E-state index is 5.43. The molecule has 2 N–H and O–H groups in total. The maximum Gasteiger partial charge on any atom is 0.191 e. The number of nitrogens with zero attached hydrogens (tertiary/aromatic N) is 2. The average Bonchev–Trinajstić information content (AvgIpc) is 3.38. The summed E-state index contributed by atoms with van der Waals surface area (Å²) < 4.78 is 5.43. The second kappa shape index (κ2) is 10.1. The number of thioether (sulfide) groups is 1. The summed E-state index contributed by atoms with van der Waals surface area (Å²) in [5.41, 5.74) is 1.31. The molecule has 144 valence electrons. The third kappa shape index (κ3) is 5.30. The van der Waals surface area contributed by atoms with Gasteiger partial charge in [-0.2, -0.15) is 11.8 Å². The topological polar surface area (TPSA) is 48.9 Å². The highest BCUT2D eigenvalue weighted by Gasteiger charge is 2.24. The Morgan fingerprint density at radius 2 is 2.15 bits per heavy atom. The smallest absolute Gasteiger partial charge is 0.191 e. The van der Waals surface area contributed by atoms with Gasteiger partial charge in [0.1, 0.15) is 5.75 Å². The number of likely N-dealkylation sites (tertiary alicyclic amines) is 1. The Bertz CT molecular complexity index is 583. The summed E-state index contributed by atoms with van der Waals surface area (Å²) in [6.45, 7) is 4.17. The second-order valence-corrected chi connectivity index (χ2v) is 8.41. The number of hydrogen-bond donors (Lipinski definition) is 2. The molecule has 1 aromatic carbocycles. The van der Waals surface area contributed by atoms with Gasteiger partial charge in [-0.3, -0.25) is 9.89 Å². The molecule has 26 heavy (non-hydrogen) atoms. The first-order valence-electron chi connectivity index (χ1n) is 9.74. The van der Waals surface area contributed by atoms with E-state index in [1.807, 2.05) is 13.1 Å². The van der Waals surface area contributed by atoms with Crippen molar-refractivity contribution in [3.05, 3.63) is 29.8 Å². The molecule has 0 aliphatic carbocycles. The Kier molecular flexibility index (Phi) is 7.50. The molecule has 3 rings (SSSR count). The van der Waals surface area contributed by atoms with Crippen LogP contribution in [0.1, 0.15) is 37.3 Å². The van der Waals surface area contributed by atoms with Crippen LogP contribution in [0.5, 0.6) is 5.75 Å². The quantitative estimate of drug-likeness (QED) is 0.566. The van der Waals surface area contributed by atoms with Gasteiger partial charge in [0, 0.05) is 25.4 Å². The molecule has 1 aromatic rings. The fourth-order valence-corrected chi connectivity index (χ4v) is 4.99. The minimum atomic E-state index is 0.340.